The molecular weight excluding hydrogens is 380 g/mol. The van der Waals surface area contributed by atoms with Crippen LogP contribution >= 0.6 is 0 Å². The topological polar surface area (TPSA) is 69.7 Å². The summed E-state index contributed by atoms with van der Waals surface area (Å²) in [4.78, 5) is 37.5. The third-order valence-electron chi connectivity index (χ3n) is 5.60. The minimum absolute atomic E-state index is 0.0951. The minimum atomic E-state index is -0.353. The van der Waals surface area contributed by atoms with Crippen molar-refractivity contribution in [2.24, 2.45) is 0 Å². The first-order valence-electron chi connectivity index (χ1n) is 11.1. The highest BCUT2D eigenvalue weighted by atomic mass is 16.5. The van der Waals surface area contributed by atoms with Gasteiger partial charge in [-0.2, -0.15) is 0 Å². The molecule has 0 radical (unpaired) electrons. The lowest BCUT2D eigenvalue weighted by Crippen LogP contribution is -2.17. The fourth-order valence-electron chi connectivity index (χ4n) is 3.93. The quantitative estimate of drug-likeness (QED) is 0.270. The molecule has 5 nitrogen and oxygen atoms in total. The number of unbranched alkanes of at least 4 members (excludes halogenated alkanes) is 9. The number of fused-ring (bicyclic) bond motifs is 1. The summed E-state index contributed by atoms with van der Waals surface area (Å²) in [7, 11) is 2.84. The number of allylic oxidation sites excluding steroid dienone is 2. The molecule has 0 atom stereocenters. The predicted molar refractivity (Wildman–Crippen MR) is 118 cm³/mol. The first kappa shape index (κ1) is 23.8. The van der Waals surface area contributed by atoms with Crippen molar-refractivity contribution in [3.8, 4) is 11.5 Å². The van der Waals surface area contributed by atoms with Gasteiger partial charge >= 0.3 is 0 Å². The number of carbonyl (C=O) groups is 3. The monoisotopic (exact) mass is 414 g/mol. The highest BCUT2D eigenvalue weighted by Crippen LogP contribution is 2.38. The number of carbonyl (C=O) groups excluding carboxylic acids is 3. The molecule has 0 aromatic heterocycles. The van der Waals surface area contributed by atoms with Crippen molar-refractivity contribution < 1.29 is 23.9 Å². The highest BCUT2D eigenvalue weighted by Gasteiger charge is 2.31. The molecule has 0 aliphatic heterocycles. The standard InChI is InChI=1S/C25H34O5/c1-4-5-6-7-8-9-10-11-12-13-14-19(26)18-17-22(29-2)23-20(27)15-16-21(28)24(23)25(18)30-3/h15-17H,4-14H2,1-3H3. The van der Waals surface area contributed by atoms with Gasteiger partial charge in [-0.3, -0.25) is 14.4 Å². The Hall–Kier alpha value is -2.43. The third kappa shape index (κ3) is 6.04. The maximum absolute atomic E-state index is 12.9. The normalized spacial score (nSPS) is 12.8. The summed E-state index contributed by atoms with van der Waals surface area (Å²) in [6, 6.07) is 1.53. The number of Topliss-reactive ketones (excluding diaryl/α,β-unsaturated/α-hetero) is 1. The van der Waals surface area contributed by atoms with Crippen LogP contribution in [0.15, 0.2) is 18.2 Å². The Morgan fingerprint density at radius 3 is 1.83 bits per heavy atom. The van der Waals surface area contributed by atoms with Gasteiger partial charge in [0.2, 0.25) is 0 Å². The summed E-state index contributed by atoms with van der Waals surface area (Å²) >= 11 is 0. The third-order valence-corrected chi connectivity index (χ3v) is 5.60. The summed E-state index contributed by atoms with van der Waals surface area (Å²) in [5.41, 5.74) is 0.591. The molecule has 30 heavy (non-hydrogen) atoms. The van der Waals surface area contributed by atoms with E-state index >= 15 is 0 Å². The zero-order valence-corrected chi connectivity index (χ0v) is 18.6. The lowest BCUT2D eigenvalue weighted by Gasteiger charge is -2.19. The van der Waals surface area contributed by atoms with Crippen LogP contribution < -0.4 is 9.47 Å². The van der Waals surface area contributed by atoms with E-state index in [-0.39, 0.29) is 40.0 Å². The lowest BCUT2D eigenvalue weighted by molar-refractivity contribution is 0.0969. The van der Waals surface area contributed by atoms with Crippen LogP contribution in [0.4, 0.5) is 0 Å². The SMILES string of the molecule is CCCCCCCCCCCCC(=O)c1cc(OC)c2c(c1OC)C(=O)C=CC2=O. The number of hydrogen-bond acceptors (Lipinski definition) is 5. The Morgan fingerprint density at radius 1 is 0.767 bits per heavy atom. The summed E-state index contributed by atoms with van der Waals surface area (Å²) in [6.07, 6.45) is 14.8. The lowest BCUT2D eigenvalue weighted by atomic mass is 9.89. The Labute approximate surface area is 179 Å². The van der Waals surface area contributed by atoms with E-state index in [2.05, 4.69) is 6.92 Å². The number of benzene rings is 1. The fraction of sp³-hybridized carbons (Fsp3) is 0.560. The molecular formula is C25H34O5. The second kappa shape index (κ2) is 12.3. The smallest absolute Gasteiger partial charge is 0.190 e. The zero-order valence-electron chi connectivity index (χ0n) is 18.6. The molecule has 0 saturated heterocycles. The second-order valence-electron chi connectivity index (χ2n) is 7.83. The Kier molecular flexibility index (Phi) is 9.78. The van der Waals surface area contributed by atoms with Crippen LogP contribution in [0, 0.1) is 0 Å². The Balaban J connectivity index is 1.94. The van der Waals surface area contributed by atoms with Gasteiger partial charge in [-0.15, -0.1) is 0 Å². The van der Waals surface area contributed by atoms with E-state index in [9.17, 15) is 14.4 Å². The van der Waals surface area contributed by atoms with Crippen LogP contribution in [-0.2, 0) is 0 Å². The summed E-state index contributed by atoms with van der Waals surface area (Å²) in [6.45, 7) is 2.23. The van der Waals surface area contributed by atoms with Crippen molar-refractivity contribution in [3.05, 3.63) is 34.9 Å². The molecule has 0 N–H and O–H groups in total. The number of hydrogen-bond donors (Lipinski definition) is 0. The van der Waals surface area contributed by atoms with Gasteiger partial charge in [0.25, 0.3) is 0 Å². The van der Waals surface area contributed by atoms with Gasteiger partial charge in [-0.25, -0.2) is 0 Å². The van der Waals surface area contributed by atoms with Crippen LogP contribution in [0.2, 0.25) is 0 Å². The van der Waals surface area contributed by atoms with Crippen LogP contribution in [0.5, 0.6) is 11.5 Å². The van der Waals surface area contributed by atoms with Crippen molar-refractivity contribution in [2.45, 2.75) is 77.6 Å². The van der Waals surface area contributed by atoms with E-state index in [1.165, 1.54) is 77.4 Å². The predicted octanol–water partition coefficient (Wildman–Crippen LogP) is 6.13. The van der Waals surface area contributed by atoms with Crippen molar-refractivity contribution in [3.63, 3.8) is 0 Å². The molecule has 0 heterocycles. The Bertz CT molecular complexity index is 791. The van der Waals surface area contributed by atoms with E-state index in [4.69, 9.17) is 9.47 Å². The molecule has 1 aliphatic carbocycles. The average Bonchev–Trinajstić information content (AvgIpc) is 2.76. The van der Waals surface area contributed by atoms with E-state index in [0.717, 1.165) is 19.3 Å². The summed E-state index contributed by atoms with van der Waals surface area (Å²) in [5.74, 6) is -0.366. The first-order valence-corrected chi connectivity index (χ1v) is 11.1. The van der Waals surface area contributed by atoms with Crippen LogP contribution in [0.1, 0.15) is 109 Å². The molecule has 1 aromatic rings. The number of ether oxygens (including phenoxy) is 2. The van der Waals surface area contributed by atoms with Gasteiger partial charge in [0, 0.05) is 6.42 Å². The first-order chi connectivity index (χ1) is 14.5. The number of ketones is 3. The molecule has 164 valence electrons. The van der Waals surface area contributed by atoms with Crippen molar-refractivity contribution >= 4 is 17.3 Å². The largest absolute Gasteiger partial charge is 0.496 e. The van der Waals surface area contributed by atoms with Crippen molar-refractivity contribution in [1.29, 1.82) is 0 Å². The second-order valence-corrected chi connectivity index (χ2v) is 7.83. The molecule has 5 heteroatoms. The molecule has 0 unspecified atom stereocenters. The van der Waals surface area contributed by atoms with Crippen LogP contribution in [0.25, 0.3) is 0 Å². The zero-order chi connectivity index (χ0) is 21.9. The van der Waals surface area contributed by atoms with Gasteiger partial charge < -0.3 is 9.47 Å². The van der Waals surface area contributed by atoms with Crippen LogP contribution in [0.3, 0.4) is 0 Å². The summed E-state index contributed by atoms with van der Waals surface area (Å²) in [5, 5.41) is 0. The number of methoxy groups -OCH3 is 2. The highest BCUT2D eigenvalue weighted by molar-refractivity contribution is 6.25. The van der Waals surface area contributed by atoms with Gasteiger partial charge in [0.05, 0.1) is 30.9 Å². The van der Waals surface area contributed by atoms with E-state index < -0.39 is 0 Å². The summed E-state index contributed by atoms with van der Waals surface area (Å²) < 4.78 is 10.7. The molecule has 0 bridgehead atoms. The molecule has 0 amide bonds. The van der Waals surface area contributed by atoms with Crippen molar-refractivity contribution in [1.82, 2.24) is 0 Å². The Morgan fingerprint density at radius 2 is 1.30 bits per heavy atom. The maximum Gasteiger partial charge on any atom is 0.190 e. The molecule has 0 fully saturated rings. The van der Waals surface area contributed by atoms with E-state index in [1.807, 2.05) is 0 Å². The molecule has 1 aliphatic rings. The van der Waals surface area contributed by atoms with Gasteiger partial charge in [-0.1, -0.05) is 64.7 Å². The minimum Gasteiger partial charge on any atom is -0.496 e. The van der Waals surface area contributed by atoms with Crippen molar-refractivity contribution in [2.75, 3.05) is 14.2 Å². The molecule has 1 aromatic carbocycles. The molecule has 2 rings (SSSR count). The molecule has 0 spiro atoms. The van der Waals surface area contributed by atoms with Crippen LogP contribution in [-0.4, -0.2) is 31.6 Å². The van der Waals surface area contributed by atoms with E-state index in [1.54, 1.807) is 0 Å². The fourth-order valence-corrected chi connectivity index (χ4v) is 3.93. The maximum atomic E-state index is 12.9. The molecule has 0 saturated carbocycles. The average molecular weight is 415 g/mol. The van der Waals surface area contributed by atoms with Gasteiger partial charge in [0.15, 0.2) is 17.3 Å². The number of rotatable bonds is 14. The van der Waals surface area contributed by atoms with Gasteiger partial charge in [0.1, 0.15) is 11.5 Å². The van der Waals surface area contributed by atoms with Gasteiger partial charge in [-0.05, 0) is 24.6 Å². The van der Waals surface area contributed by atoms with E-state index in [0.29, 0.717) is 12.0 Å².